The molecule has 0 spiro atoms. The molecule has 2 rings (SSSR count). The number of nitrogens with one attached hydrogen (secondary N) is 1. The summed E-state index contributed by atoms with van der Waals surface area (Å²) in [4.78, 5) is 17.8. The Kier molecular flexibility index (Phi) is 3.30. The van der Waals surface area contributed by atoms with Crippen molar-refractivity contribution in [3.05, 3.63) is 11.1 Å². The number of carbonyl (C=O) groups is 1. The minimum absolute atomic E-state index is 0.0286. The number of hydrogen-bond acceptors (Lipinski definition) is 6. The summed E-state index contributed by atoms with van der Waals surface area (Å²) in [5, 5.41) is 12.9. The van der Waals surface area contributed by atoms with Crippen molar-refractivity contribution in [1.29, 1.82) is 0 Å². The number of hydrogen-bond donors (Lipinski definition) is 2. The van der Waals surface area contributed by atoms with Gasteiger partial charge >= 0.3 is 0 Å². The highest BCUT2D eigenvalue weighted by molar-refractivity contribution is 7.15. The standard InChI is InChI=1S/C9H13N3O2S/c13-5-7-4-12(2-1-10-7)9-11-3-8(6-14)15-9/h3,5,7,10,14H,1-2,4,6H2. The number of carbonyl (C=O) groups excluding carboxylic acids is 1. The predicted octanol–water partition coefficient (Wildman–Crippen LogP) is -0.387. The minimum Gasteiger partial charge on any atom is -0.391 e. The van der Waals surface area contributed by atoms with Crippen molar-refractivity contribution in [2.24, 2.45) is 0 Å². The van der Waals surface area contributed by atoms with Gasteiger partial charge in [0.05, 0.1) is 17.5 Å². The van der Waals surface area contributed by atoms with Gasteiger partial charge < -0.3 is 20.1 Å². The van der Waals surface area contributed by atoms with Crippen LogP contribution in [0.25, 0.3) is 0 Å². The van der Waals surface area contributed by atoms with Crippen molar-refractivity contribution in [2.75, 3.05) is 24.5 Å². The normalized spacial score (nSPS) is 21.7. The average molecular weight is 227 g/mol. The van der Waals surface area contributed by atoms with Crippen molar-refractivity contribution in [2.45, 2.75) is 12.6 Å². The fraction of sp³-hybridized carbons (Fsp3) is 0.556. The zero-order chi connectivity index (χ0) is 10.7. The number of piperazine rings is 1. The summed E-state index contributed by atoms with van der Waals surface area (Å²) < 4.78 is 0. The van der Waals surface area contributed by atoms with Crippen LogP contribution in [0.1, 0.15) is 4.88 Å². The molecule has 1 aromatic heterocycles. The molecule has 5 nitrogen and oxygen atoms in total. The maximum atomic E-state index is 10.7. The molecule has 2 heterocycles. The third-order valence-electron chi connectivity index (χ3n) is 2.34. The number of aldehydes is 1. The first-order valence-electron chi connectivity index (χ1n) is 4.82. The first kappa shape index (κ1) is 10.5. The molecular formula is C9H13N3O2S. The summed E-state index contributed by atoms with van der Waals surface area (Å²) in [6.45, 7) is 2.32. The van der Waals surface area contributed by atoms with Crippen molar-refractivity contribution in [3.63, 3.8) is 0 Å². The van der Waals surface area contributed by atoms with E-state index < -0.39 is 0 Å². The summed E-state index contributed by atoms with van der Waals surface area (Å²) >= 11 is 1.47. The Hall–Kier alpha value is -0.980. The second-order valence-electron chi connectivity index (χ2n) is 3.41. The molecule has 6 heteroatoms. The molecule has 1 saturated heterocycles. The number of aromatic nitrogens is 1. The SMILES string of the molecule is O=CC1CN(c2ncc(CO)s2)CCN1. The van der Waals surface area contributed by atoms with Crippen LogP contribution >= 0.6 is 11.3 Å². The van der Waals surface area contributed by atoms with E-state index in [1.807, 2.05) is 0 Å². The van der Waals surface area contributed by atoms with Gasteiger partial charge in [0.25, 0.3) is 0 Å². The lowest BCUT2D eigenvalue weighted by molar-refractivity contribution is -0.109. The summed E-state index contributed by atoms with van der Waals surface area (Å²) in [5.41, 5.74) is 0. The molecule has 1 fully saturated rings. The van der Waals surface area contributed by atoms with E-state index in [-0.39, 0.29) is 12.6 Å². The Labute approximate surface area is 91.7 Å². The lowest BCUT2D eigenvalue weighted by Gasteiger charge is -2.30. The maximum absolute atomic E-state index is 10.7. The van der Waals surface area contributed by atoms with Crippen LogP contribution in [0.4, 0.5) is 5.13 Å². The topological polar surface area (TPSA) is 65.5 Å². The van der Waals surface area contributed by atoms with Gasteiger partial charge in [-0.1, -0.05) is 11.3 Å². The Bertz CT molecular complexity index is 342. The van der Waals surface area contributed by atoms with E-state index in [1.54, 1.807) is 6.20 Å². The van der Waals surface area contributed by atoms with Gasteiger partial charge in [-0.25, -0.2) is 4.98 Å². The zero-order valence-corrected chi connectivity index (χ0v) is 9.04. The van der Waals surface area contributed by atoms with Gasteiger partial charge in [-0.2, -0.15) is 0 Å². The van der Waals surface area contributed by atoms with E-state index in [2.05, 4.69) is 15.2 Å². The lowest BCUT2D eigenvalue weighted by atomic mass is 10.2. The summed E-state index contributed by atoms with van der Waals surface area (Å²) in [6, 6.07) is -0.111. The molecular weight excluding hydrogens is 214 g/mol. The second-order valence-corrected chi connectivity index (χ2v) is 4.50. The summed E-state index contributed by atoms with van der Waals surface area (Å²) in [7, 11) is 0. The molecule has 0 aliphatic carbocycles. The Balaban J connectivity index is 2.06. The number of thiazole rings is 1. The van der Waals surface area contributed by atoms with Gasteiger partial charge in [0.15, 0.2) is 5.13 Å². The molecule has 0 amide bonds. The molecule has 2 N–H and O–H groups in total. The Morgan fingerprint density at radius 3 is 3.33 bits per heavy atom. The molecule has 15 heavy (non-hydrogen) atoms. The van der Waals surface area contributed by atoms with Crippen LogP contribution in [0, 0.1) is 0 Å². The average Bonchev–Trinajstić information content (AvgIpc) is 2.78. The first-order chi connectivity index (χ1) is 7.33. The molecule has 1 aliphatic heterocycles. The predicted molar refractivity (Wildman–Crippen MR) is 58.1 cm³/mol. The van der Waals surface area contributed by atoms with Crippen molar-refractivity contribution in [3.8, 4) is 0 Å². The minimum atomic E-state index is -0.111. The van der Waals surface area contributed by atoms with Gasteiger partial charge in [-0.15, -0.1) is 0 Å². The van der Waals surface area contributed by atoms with Gasteiger partial charge in [0.1, 0.15) is 6.29 Å². The number of aliphatic hydroxyl groups excluding tert-OH is 1. The van der Waals surface area contributed by atoms with Crippen molar-refractivity contribution < 1.29 is 9.90 Å². The number of nitrogens with zero attached hydrogens (tertiary/aromatic N) is 2. The highest BCUT2D eigenvalue weighted by Gasteiger charge is 2.20. The third-order valence-corrected chi connectivity index (χ3v) is 3.38. The molecule has 82 valence electrons. The van der Waals surface area contributed by atoms with E-state index in [9.17, 15) is 4.79 Å². The van der Waals surface area contributed by atoms with Gasteiger partial charge in [-0.05, 0) is 0 Å². The summed E-state index contributed by atoms with van der Waals surface area (Å²) in [5.74, 6) is 0. The third kappa shape index (κ3) is 2.34. The first-order valence-corrected chi connectivity index (χ1v) is 5.64. The Morgan fingerprint density at radius 1 is 1.80 bits per heavy atom. The monoisotopic (exact) mass is 227 g/mol. The second kappa shape index (κ2) is 4.69. The van der Waals surface area contributed by atoms with Crippen molar-refractivity contribution >= 4 is 22.8 Å². The zero-order valence-electron chi connectivity index (χ0n) is 8.22. The fourth-order valence-corrected chi connectivity index (χ4v) is 2.36. The van der Waals surface area contributed by atoms with E-state index in [0.29, 0.717) is 6.54 Å². The molecule has 0 saturated carbocycles. The molecule has 1 aliphatic rings. The Morgan fingerprint density at radius 2 is 2.67 bits per heavy atom. The highest BCUT2D eigenvalue weighted by atomic mass is 32.1. The van der Waals surface area contributed by atoms with Crippen LogP contribution in [0.2, 0.25) is 0 Å². The van der Waals surface area contributed by atoms with Gasteiger partial charge in [0, 0.05) is 25.8 Å². The number of aliphatic hydroxyl groups is 1. The van der Waals surface area contributed by atoms with Crippen LogP contribution in [-0.2, 0) is 11.4 Å². The van der Waals surface area contributed by atoms with E-state index in [1.165, 1.54) is 11.3 Å². The molecule has 1 aromatic rings. The van der Waals surface area contributed by atoms with Crippen LogP contribution in [0.15, 0.2) is 6.20 Å². The smallest absolute Gasteiger partial charge is 0.185 e. The van der Waals surface area contributed by atoms with Gasteiger partial charge in [-0.3, -0.25) is 0 Å². The van der Waals surface area contributed by atoms with Crippen LogP contribution in [0.5, 0.6) is 0 Å². The highest BCUT2D eigenvalue weighted by Crippen LogP contribution is 2.23. The van der Waals surface area contributed by atoms with E-state index in [4.69, 9.17) is 5.11 Å². The number of anilines is 1. The molecule has 1 atom stereocenters. The van der Waals surface area contributed by atoms with Crippen LogP contribution < -0.4 is 10.2 Å². The van der Waals surface area contributed by atoms with Crippen LogP contribution in [0.3, 0.4) is 0 Å². The molecule has 0 aromatic carbocycles. The number of rotatable bonds is 3. The summed E-state index contributed by atoms with van der Waals surface area (Å²) in [6.07, 6.45) is 2.60. The molecule has 1 unspecified atom stereocenters. The van der Waals surface area contributed by atoms with Gasteiger partial charge in [0.2, 0.25) is 0 Å². The van der Waals surface area contributed by atoms with Crippen LogP contribution in [-0.4, -0.2) is 42.1 Å². The fourth-order valence-electron chi connectivity index (χ4n) is 1.56. The quantitative estimate of drug-likeness (QED) is 0.689. The van der Waals surface area contributed by atoms with E-state index in [0.717, 1.165) is 29.4 Å². The lowest BCUT2D eigenvalue weighted by Crippen LogP contribution is -2.51. The maximum Gasteiger partial charge on any atom is 0.185 e. The molecule has 0 radical (unpaired) electrons. The molecule has 0 bridgehead atoms. The van der Waals surface area contributed by atoms with E-state index >= 15 is 0 Å². The largest absolute Gasteiger partial charge is 0.391 e. The van der Waals surface area contributed by atoms with Crippen molar-refractivity contribution in [1.82, 2.24) is 10.3 Å².